The van der Waals surface area contributed by atoms with Crippen molar-refractivity contribution in [2.75, 3.05) is 20.1 Å². The van der Waals surface area contributed by atoms with Crippen molar-refractivity contribution in [3.63, 3.8) is 0 Å². The van der Waals surface area contributed by atoms with Crippen LogP contribution in [0.25, 0.3) is 11.1 Å². The summed E-state index contributed by atoms with van der Waals surface area (Å²) in [5.41, 5.74) is 3.15. The maximum Gasteiger partial charge on any atom is 0.227 e. The van der Waals surface area contributed by atoms with E-state index in [1.807, 2.05) is 50.8 Å². The molecule has 0 saturated carbocycles. The third kappa shape index (κ3) is 3.40. The van der Waals surface area contributed by atoms with E-state index < -0.39 is 0 Å². The highest BCUT2D eigenvalue weighted by molar-refractivity contribution is 5.79. The number of carbonyl (C=O) groups excluding carboxylic acids is 1. The average molecular weight is 323 g/mol. The molecule has 124 valence electrons. The van der Waals surface area contributed by atoms with Crippen molar-refractivity contribution < 1.29 is 4.79 Å². The van der Waals surface area contributed by atoms with Crippen LogP contribution < -0.4 is 0 Å². The average Bonchev–Trinajstić information content (AvgIpc) is 3.23. The Morgan fingerprint density at radius 3 is 2.71 bits per heavy atom. The highest BCUT2D eigenvalue weighted by atomic mass is 16.2. The van der Waals surface area contributed by atoms with Crippen molar-refractivity contribution in [1.29, 1.82) is 5.26 Å². The number of amides is 1. The maximum atomic E-state index is 12.5. The molecule has 0 spiro atoms. The summed E-state index contributed by atoms with van der Waals surface area (Å²) in [6.45, 7) is 1.37. The fraction of sp³-hybridized carbons (Fsp3) is 0.389. The first kappa shape index (κ1) is 16.1. The van der Waals surface area contributed by atoms with Gasteiger partial charge in [-0.25, -0.2) is 0 Å². The van der Waals surface area contributed by atoms with Gasteiger partial charge in [-0.05, 0) is 17.5 Å². The second-order valence-corrected chi connectivity index (χ2v) is 6.27. The summed E-state index contributed by atoms with van der Waals surface area (Å²) < 4.78 is 1.77. The predicted molar refractivity (Wildman–Crippen MR) is 90.7 cm³/mol. The highest BCUT2D eigenvalue weighted by Crippen LogP contribution is 2.20. The molecule has 1 aromatic heterocycles. The Morgan fingerprint density at radius 1 is 1.38 bits per heavy atom. The first-order valence-electron chi connectivity index (χ1n) is 8.05. The summed E-state index contributed by atoms with van der Waals surface area (Å²) in [5, 5.41) is 13.1. The van der Waals surface area contributed by atoms with Gasteiger partial charge in [0.05, 0.1) is 18.7 Å². The van der Waals surface area contributed by atoms with Crippen LogP contribution in [0.15, 0.2) is 36.7 Å². The summed E-state index contributed by atoms with van der Waals surface area (Å²) >= 11 is 0. The number of aryl methyl sites for hydroxylation is 1. The first-order valence-corrected chi connectivity index (χ1v) is 8.05. The number of rotatable bonds is 4. The molecule has 3 rings (SSSR count). The SMILES string of the molecule is CN(C(=O)Cc1ccc(-c2cnn(C)c2)cc1)[C@@H]1CCN(C#N)C1. The Labute approximate surface area is 141 Å². The van der Waals surface area contributed by atoms with E-state index in [1.165, 1.54) is 0 Å². The van der Waals surface area contributed by atoms with Gasteiger partial charge in [0.1, 0.15) is 0 Å². The molecular formula is C18H21N5O. The topological polar surface area (TPSA) is 65.2 Å². The minimum Gasteiger partial charge on any atom is -0.341 e. The van der Waals surface area contributed by atoms with Crippen molar-refractivity contribution in [3.8, 4) is 17.3 Å². The van der Waals surface area contributed by atoms with Crippen molar-refractivity contribution in [3.05, 3.63) is 42.2 Å². The van der Waals surface area contributed by atoms with Gasteiger partial charge in [-0.1, -0.05) is 24.3 Å². The minimum absolute atomic E-state index is 0.0916. The molecule has 1 fully saturated rings. The van der Waals surface area contributed by atoms with Gasteiger partial charge in [0.15, 0.2) is 6.19 Å². The smallest absolute Gasteiger partial charge is 0.227 e. The lowest BCUT2D eigenvalue weighted by atomic mass is 10.0. The molecule has 1 atom stereocenters. The van der Waals surface area contributed by atoms with Gasteiger partial charge in [-0.3, -0.25) is 9.48 Å². The van der Waals surface area contributed by atoms with Crippen LogP contribution in [0.3, 0.4) is 0 Å². The standard InChI is InChI=1S/C18H21N5O/c1-21-11-16(10-20-21)15-5-3-14(4-6-15)9-18(24)22(2)17-7-8-23(12-17)13-19/h3-6,10-11,17H,7-9,12H2,1-2H3/t17-/m1/s1. The lowest BCUT2D eigenvalue weighted by molar-refractivity contribution is -0.131. The Balaban J connectivity index is 1.61. The number of hydrogen-bond donors (Lipinski definition) is 0. The van der Waals surface area contributed by atoms with Crippen LogP contribution in [-0.2, 0) is 18.3 Å². The van der Waals surface area contributed by atoms with Gasteiger partial charge in [0.2, 0.25) is 5.91 Å². The molecular weight excluding hydrogens is 302 g/mol. The molecule has 1 amide bonds. The second-order valence-electron chi connectivity index (χ2n) is 6.27. The van der Waals surface area contributed by atoms with Gasteiger partial charge in [-0.2, -0.15) is 10.4 Å². The molecule has 0 N–H and O–H groups in total. The zero-order valence-electron chi connectivity index (χ0n) is 14.0. The van der Waals surface area contributed by atoms with Gasteiger partial charge in [0.25, 0.3) is 0 Å². The molecule has 1 aliphatic rings. The van der Waals surface area contributed by atoms with Crippen LogP contribution >= 0.6 is 0 Å². The van der Waals surface area contributed by atoms with Crippen molar-refractivity contribution in [2.45, 2.75) is 18.9 Å². The molecule has 2 aromatic rings. The molecule has 6 nitrogen and oxygen atoms in total. The summed E-state index contributed by atoms with van der Waals surface area (Å²) in [6.07, 6.45) is 7.18. The first-order chi connectivity index (χ1) is 11.6. The summed E-state index contributed by atoms with van der Waals surface area (Å²) in [4.78, 5) is 16.0. The molecule has 24 heavy (non-hydrogen) atoms. The molecule has 0 radical (unpaired) electrons. The fourth-order valence-corrected chi connectivity index (χ4v) is 3.04. The molecule has 6 heteroatoms. The number of nitrogens with zero attached hydrogens (tertiary/aromatic N) is 5. The predicted octanol–water partition coefficient (Wildman–Crippen LogP) is 1.64. The van der Waals surface area contributed by atoms with Crippen LogP contribution in [0.5, 0.6) is 0 Å². The zero-order valence-corrected chi connectivity index (χ0v) is 14.0. The van der Waals surface area contributed by atoms with E-state index in [0.29, 0.717) is 13.0 Å². The Hall–Kier alpha value is -2.81. The number of hydrogen-bond acceptors (Lipinski definition) is 4. The van der Waals surface area contributed by atoms with Crippen LogP contribution in [0.1, 0.15) is 12.0 Å². The highest BCUT2D eigenvalue weighted by Gasteiger charge is 2.27. The third-order valence-corrected chi connectivity index (χ3v) is 4.59. The van der Waals surface area contributed by atoms with Gasteiger partial charge < -0.3 is 9.80 Å². The minimum atomic E-state index is 0.0916. The summed E-state index contributed by atoms with van der Waals surface area (Å²) in [7, 11) is 3.72. The molecule has 1 aliphatic heterocycles. The van der Waals surface area contributed by atoms with E-state index in [2.05, 4.69) is 11.3 Å². The molecule has 0 bridgehead atoms. The number of likely N-dealkylation sites (tertiary alicyclic amines) is 1. The molecule has 2 heterocycles. The second kappa shape index (κ2) is 6.75. The van der Waals surface area contributed by atoms with Crippen LogP contribution in [0, 0.1) is 11.5 Å². The summed E-state index contributed by atoms with van der Waals surface area (Å²) in [5.74, 6) is 0.0916. The largest absolute Gasteiger partial charge is 0.341 e. The van der Waals surface area contributed by atoms with Gasteiger partial charge >= 0.3 is 0 Å². The van der Waals surface area contributed by atoms with E-state index in [0.717, 1.165) is 29.7 Å². The fourth-order valence-electron chi connectivity index (χ4n) is 3.04. The zero-order chi connectivity index (χ0) is 17.1. The Bertz CT molecular complexity index is 758. The quantitative estimate of drug-likeness (QED) is 0.803. The normalized spacial score (nSPS) is 16.9. The van der Waals surface area contributed by atoms with Gasteiger partial charge in [-0.15, -0.1) is 0 Å². The number of benzene rings is 1. The van der Waals surface area contributed by atoms with E-state index >= 15 is 0 Å². The monoisotopic (exact) mass is 323 g/mol. The van der Waals surface area contributed by atoms with Crippen LogP contribution in [0.2, 0.25) is 0 Å². The molecule has 1 saturated heterocycles. The maximum absolute atomic E-state index is 12.5. The molecule has 0 unspecified atom stereocenters. The number of likely N-dealkylation sites (N-methyl/N-ethyl adjacent to an activating group) is 1. The Kier molecular flexibility index (Phi) is 4.52. The van der Waals surface area contributed by atoms with Gasteiger partial charge in [0, 0.05) is 38.9 Å². The number of aromatic nitrogens is 2. The Morgan fingerprint density at radius 2 is 2.12 bits per heavy atom. The number of carbonyl (C=O) groups is 1. The molecule has 0 aliphatic carbocycles. The lowest BCUT2D eigenvalue weighted by Gasteiger charge is -2.24. The van der Waals surface area contributed by atoms with Crippen molar-refractivity contribution in [2.24, 2.45) is 7.05 Å². The van der Waals surface area contributed by atoms with Crippen molar-refractivity contribution >= 4 is 5.91 Å². The number of nitriles is 1. The van der Waals surface area contributed by atoms with Crippen LogP contribution in [-0.4, -0.2) is 51.7 Å². The van der Waals surface area contributed by atoms with E-state index in [4.69, 9.17) is 5.26 Å². The summed E-state index contributed by atoms with van der Waals surface area (Å²) in [6, 6.07) is 8.15. The third-order valence-electron chi connectivity index (χ3n) is 4.59. The van der Waals surface area contributed by atoms with E-state index in [1.54, 1.807) is 14.5 Å². The van der Waals surface area contributed by atoms with E-state index in [9.17, 15) is 4.79 Å². The van der Waals surface area contributed by atoms with E-state index in [-0.39, 0.29) is 11.9 Å². The van der Waals surface area contributed by atoms with Crippen molar-refractivity contribution in [1.82, 2.24) is 19.6 Å². The van der Waals surface area contributed by atoms with Crippen LogP contribution in [0.4, 0.5) is 0 Å². The lowest BCUT2D eigenvalue weighted by Crippen LogP contribution is -2.39. The molecule has 1 aromatic carbocycles.